The summed E-state index contributed by atoms with van der Waals surface area (Å²) in [6, 6.07) is 14.7. The van der Waals surface area contributed by atoms with Crippen LogP contribution in [0.3, 0.4) is 0 Å². The van der Waals surface area contributed by atoms with E-state index in [1.165, 1.54) is 5.56 Å². The molecule has 1 amide bonds. The Hall–Kier alpha value is -4.19. The predicted molar refractivity (Wildman–Crippen MR) is 192 cm³/mol. The quantitative estimate of drug-likeness (QED) is 0.191. The second-order valence-electron chi connectivity index (χ2n) is 14.5. The fraction of sp³-hybridized carbons (Fsp3) is 0.487. The number of hydrogen-bond donors (Lipinski definition) is 2. The van der Waals surface area contributed by atoms with Crippen LogP contribution >= 0.6 is 11.6 Å². The summed E-state index contributed by atoms with van der Waals surface area (Å²) < 4.78 is 18.4. The molecule has 4 aromatic rings. The number of benzene rings is 2. The number of carboxylic acid groups (broad SMARTS) is 1. The molecule has 268 valence electrons. The van der Waals surface area contributed by atoms with E-state index >= 15 is 0 Å². The molecule has 0 radical (unpaired) electrons. The van der Waals surface area contributed by atoms with Crippen LogP contribution in [0.15, 0.2) is 46.9 Å². The Morgan fingerprint density at radius 3 is 2.67 bits per heavy atom. The third-order valence-electron chi connectivity index (χ3n) is 11.1. The lowest BCUT2D eigenvalue weighted by atomic mass is 9.96. The summed E-state index contributed by atoms with van der Waals surface area (Å²) in [6.45, 7) is 4.69. The highest BCUT2D eigenvalue weighted by molar-refractivity contribution is 6.31. The first-order valence-corrected chi connectivity index (χ1v) is 18.6. The predicted octanol–water partition coefficient (Wildman–Crippen LogP) is 6.37. The lowest BCUT2D eigenvalue weighted by Crippen LogP contribution is -2.42. The number of methoxy groups -OCH3 is 1. The van der Waals surface area contributed by atoms with E-state index in [9.17, 15) is 14.7 Å². The van der Waals surface area contributed by atoms with Crippen molar-refractivity contribution in [1.82, 2.24) is 25.1 Å². The van der Waals surface area contributed by atoms with Gasteiger partial charge in [-0.1, -0.05) is 35.9 Å². The Bertz CT molecular complexity index is 1940. The van der Waals surface area contributed by atoms with E-state index in [0.717, 1.165) is 104 Å². The minimum atomic E-state index is -0.754. The van der Waals surface area contributed by atoms with Crippen LogP contribution in [0.25, 0.3) is 22.2 Å². The molecule has 11 nitrogen and oxygen atoms in total. The number of nitrogens with zero attached hydrogens (tertiary/aromatic N) is 4. The Kier molecular flexibility index (Phi) is 9.61. The van der Waals surface area contributed by atoms with Crippen molar-refractivity contribution in [1.29, 1.82) is 0 Å². The number of aromatic nitrogens is 2. The molecule has 0 spiro atoms. The molecule has 1 aliphatic carbocycles. The highest BCUT2D eigenvalue weighted by Gasteiger charge is 2.31. The van der Waals surface area contributed by atoms with Gasteiger partial charge in [-0.25, -0.2) is 4.98 Å². The average Bonchev–Trinajstić information content (AvgIpc) is 3.87. The Labute approximate surface area is 302 Å². The van der Waals surface area contributed by atoms with E-state index in [-0.39, 0.29) is 29.9 Å². The standard InChI is InChI=1S/C39H44ClN5O6/c1-49-36-26(21-45-15-3-4-25(20-45)39(47)48)18-31(40)38(43-36)50-33-11-9-29-28(5-2-6-30(29)33)24-7-10-34-32(19-24)42-37(51-34)23-13-16-44(17-14-23)22-27-8-12-35(46)41-27/h2,5-7,10,18-19,23,25,27,33H,3-4,8-9,11-17,20-22H2,1H3,(H,41,46)(H,47,48)/t25-,27-,33-/m0/s1. The van der Waals surface area contributed by atoms with E-state index in [1.807, 2.05) is 12.1 Å². The molecular weight excluding hydrogens is 670 g/mol. The van der Waals surface area contributed by atoms with Crippen molar-refractivity contribution in [3.63, 3.8) is 0 Å². The zero-order chi connectivity index (χ0) is 35.1. The van der Waals surface area contributed by atoms with Gasteiger partial charge in [-0.05, 0) is 105 Å². The van der Waals surface area contributed by atoms with Crippen molar-refractivity contribution in [2.45, 2.75) is 76.0 Å². The third kappa shape index (κ3) is 7.16. The molecule has 3 atom stereocenters. The number of fused-ring (bicyclic) bond motifs is 2. The van der Waals surface area contributed by atoms with Gasteiger partial charge in [0.25, 0.3) is 0 Å². The molecule has 2 aromatic carbocycles. The molecule has 0 saturated carbocycles. The van der Waals surface area contributed by atoms with Crippen LogP contribution < -0.4 is 14.8 Å². The molecule has 8 rings (SSSR count). The number of amides is 1. The molecule has 51 heavy (non-hydrogen) atoms. The maximum atomic E-state index is 11.6. The highest BCUT2D eigenvalue weighted by atomic mass is 35.5. The number of piperidine rings is 2. The van der Waals surface area contributed by atoms with E-state index in [2.05, 4.69) is 50.4 Å². The normalized spacial score (nSPS) is 23.0. The Morgan fingerprint density at radius 2 is 1.88 bits per heavy atom. The second-order valence-corrected chi connectivity index (χ2v) is 14.9. The first kappa shape index (κ1) is 33.9. The molecule has 3 aliphatic heterocycles. The molecule has 4 aliphatic rings. The van der Waals surface area contributed by atoms with E-state index in [0.29, 0.717) is 42.7 Å². The fourth-order valence-electron chi connectivity index (χ4n) is 8.43. The summed E-state index contributed by atoms with van der Waals surface area (Å²) in [6.07, 6.45) is 6.52. The van der Waals surface area contributed by atoms with Crippen molar-refractivity contribution < 1.29 is 28.6 Å². The lowest BCUT2D eigenvalue weighted by molar-refractivity contribution is -0.143. The third-order valence-corrected chi connectivity index (χ3v) is 11.4. The van der Waals surface area contributed by atoms with Gasteiger partial charge in [0.2, 0.25) is 17.7 Å². The van der Waals surface area contributed by atoms with Crippen molar-refractivity contribution in [2.24, 2.45) is 5.92 Å². The van der Waals surface area contributed by atoms with Crippen LogP contribution in [0.5, 0.6) is 11.8 Å². The molecule has 0 bridgehead atoms. The average molecular weight is 714 g/mol. The molecule has 5 heterocycles. The number of carbonyl (C=O) groups is 2. The van der Waals surface area contributed by atoms with Crippen LogP contribution in [0.1, 0.15) is 79.5 Å². The molecule has 12 heteroatoms. The number of hydrogen-bond acceptors (Lipinski definition) is 9. The molecular formula is C39H44ClN5O6. The minimum absolute atomic E-state index is 0.170. The van der Waals surface area contributed by atoms with Gasteiger partial charge in [-0.15, -0.1) is 0 Å². The van der Waals surface area contributed by atoms with Crippen molar-refractivity contribution in [2.75, 3.05) is 39.8 Å². The number of rotatable bonds is 10. The lowest BCUT2D eigenvalue weighted by Gasteiger charge is -2.32. The van der Waals surface area contributed by atoms with Gasteiger partial charge in [0, 0.05) is 43.6 Å². The number of nitrogens with one attached hydrogen (secondary N) is 1. The largest absolute Gasteiger partial charge is 0.481 e. The Balaban J connectivity index is 0.950. The number of halogens is 1. The topological polar surface area (TPSA) is 130 Å². The zero-order valence-corrected chi connectivity index (χ0v) is 29.7. The summed E-state index contributed by atoms with van der Waals surface area (Å²) in [5, 5.41) is 13.0. The SMILES string of the molecule is COc1nc(O[C@H]2CCc3c(-c4ccc5oc(C6CCN(C[C@@H]7CCC(=O)N7)CC6)nc5c4)cccc32)c(Cl)cc1CN1CCC[C@H](C(=O)O)C1. The number of oxazole rings is 1. The van der Waals surface area contributed by atoms with E-state index < -0.39 is 5.97 Å². The maximum Gasteiger partial charge on any atom is 0.307 e. The summed E-state index contributed by atoms with van der Waals surface area (Å²) in [5.74, 6) is 0.913. The number of carboxylic acids is 1. The van der Waals surface area contributed by atoms with Crippen molar-refractivity contribution in [3.8, 4) is 22.9 Å². The monoisotopic (exact) mass is 713 g/mol. The van der Waals surface area contributed by atoms with Crippen molar-refractivity contribution >= 4 is 34.6 Å². The van der Waals surface area contributed by atoms with Gasteiger partial charge in [-0.3, -0.25) is 14.5 Å². The number of aliphatic carboxylic acids is 1. The summed E-state index contributed by atoms with van der Waals surface area (Å²) in [7, 11) is 1.58. The molecule has 2 aromatic heterocycles. The van der Waals surface area contributed by atoms with Crippen molar-refractivity contribution in [3.05, 3.63) is 70.1 Å². The van der Waals surface area contributed by atoms with Gasteiger partial charge in [-0.2, -0.15) is 4.98 Å². The number of likely N-dealkylation sites (tertiary alicyclic amines) is 2. The fourth-order valence-corrected chi connectivity index (χ4v) is 8.65. The summed E-state index contributed by atoms with van der Waals surface area (Å²) >= 11 is 6.76. The molecule has 0 unspecified atom stereocenters. The van der Waals surface area contributed by atoms with Gasteiger partial charge >= 0.3 is 5.97 Å². The van der Waals surface area contributed by atoms with E-state index in [4.69, 9.17) is 30.5 Å². The minimum Gasteiger partial charge on any atom is -0.481 e. The van der Waals surface area contributed by atoms with Crippen LogP contribution in [0, 0.1) is 5.92 Å². The van der Waals surface area contributed by atoms with Crippen LogP contribution in [-0.2, 0) is 22.6 Å². The Morgan fingerprint density at radius 1 is 1.02 bits per heavy atom. The summed E-state index contributed by atoms with van der Waals surface area (Å²) in [4.78, 5) is 37.4. The van der Waals surface area contributed by atoms with Gasteiger partial charge in [0.15, 0.2) is 11.5 Å². The van der Waals surface area contributed by atoms with E-state index in [1.54, 1.807) is 7.11 Å². The van der Waals surface area contributed by atoms with Crippen LogP contribution in [0.4, 0.5) is 0 Å². The first-order chi connectivity index (χ1) is 24.8. The second kappa shape index (κ2) is 14.4. The molecule has 2 N–H and O–H groups in total. The molecule has 3 fully saturated rings. The van der Waals surface area contributed by atoms with Gasteiger partial charge in [0.05, 0.1) is 13.0 Å². The van der Waals surface area contributed by atoms with Crippen LogP contribution in [-0.4, -0.2) is 82.6 Å². The zero-order valence-electron chi connectivity index (χ0n) is 28.9. The number of ether oxygens (including phenoxy) is 2. The molecule has 3 saturated heterocycles. The summed E-state index contributed by atoms with van der Waals surface area (Å²) in [5.41, 5.74) is 7.10. The maximum absolute atomic E-state index is 11.6. The first-order valence-electron chi connectivity index (χ1n) is 18.2. The van der Waals surface area contributed by atoms with Crippen LogP contribution in [0.2, 0.25) is 5.02 Å². The van der Waals surface area contributed by atoms with Gasteiger partial charge < -0.3 is 29.2 Å². The smallest absolute Gasteiger partial charge is 0.307 e. The van der Waals surface area contributed by atoms with Gasteiger partial charge in [0.1, 0.15) is 16.6 Å². The highest BCUT2D eigenvalue weighted by Crippen LogP contribution is 2.42. The number of carbonyl (C=O) groups excluding carboxylic acids is 1. The number of pyridine rings is 1.